The minimum Gasteiger partial charge on any atom is -0.324 e. The average Bonchev–Trinajstić information content (AvgIpc) is 2.75. The fourth-order valence-electron chi connectivity index (χ4n) is 2.05. The summed E-state index contributed by atoms with van der Waals surface area (Å²) < 4.78 is 0. The van der Waals surface area contributed by atoms with Gasteiger partial charge in [-0.05, 0) is 25.5 Å². The summed E-state index contributed by atoms with van der Waals surface area (Å²) >= 11 is 0. The van der Waals surface area contributed by atoms with Gasteiger partial charge in [0.25, 0.3) is 0 Å². The summed E-state index contributed by atoms with van der Waals surface area (Å²) in [5, 5.41) is 0. The van der Waals surface area contributed by atoms with Gasteiger partial charge in [-0.2, -0.15) is 0 Å². The van der Waals surface area contributed by atoms with E-state index in [0.717, 1.165) is 12.1 Å². The Morgan fingerprint density at radius 1 is 1.29 bits per heavy atom. The van der Waals surface area contributed by atoms with Crippen LogP contribution in [-0.4, -0.2) is 19.0 Å². The van der Waals surface area contributed by atoms with Crippen LogP contribution < -0.4 is 10.6 Å². The van der Waals surface area contributed by atoms with Crippen LogP contribution in [0.1, 0.15) is 12.0 Å². The Kier molecular flexibility index (Phi) is 3.29. The van der Waals surface area contributed by atoms with Crippen LogP contribution in [0.5, 0.6) is 0 Å². The number of aryl methyl sites for hydroxylation is 1. The Bertz CT molecular complexity index is 436. The first-order valence-corrected chi connectivity index (χ1v) is 5.86. The van der Waals surface area contributed by atoms with E-state index >= 15 is 0 Å². The number of amides is 1. The van der Waals surface area contributed by atoms with Gasteiger partial charge in [-0.1, -0.05) is 29.8 Å². The molecule has 0 spiro atoms. The number of anilines is 1. The Morgan fingerprint density at radius 2 is 1.94 bits per heavy atom. The lowest BCUT2D eigenvalue weighted by Gasteiger charge is -2.21. The van der Waals surface area contributed by atoms with Crippen molar-refractivity contribution in [3.63, 3.8) is 0 Å². The average molecular weight is 230 g/mol. The van der Waals surface area contributed by atoms with Crippen LogP contribution in [0, 0.1) is 12.8 Å². The quantitative estimate of drug-likeness (QED) is 0.788. The molecule has 90 valence electrons. The summed E-state index contributed by atoms with van der Waals surface area (Å²) in [5.41, 5.74) is 7.88. The second-order valence-corrected chi connectivity index (χ2v) is 4.62. The summed E-state index contributed by atoms with van der Waals surface area (Å²) in [6.07, 6.45) is 4.54. The molecule has 1 aliphatic rings. The van der Waals surface area contributed by atoms with Gasteiger partial charge in [0.1, 0.15) is 0 Å². The van der Waals surface area contributed by atoms with Crippen LogP contribution >= 0.6 is 0 Å². The molecule has 0 aliphatic heterocycles. The van der Waals surface area contributed by atoms with Crippen molar-refractivity contribution < 1.29 is 4.79 Å². The first-order chi connectivity index (χ1) is 8.08. The monoisotopic (exact) mass is 230 g/mol. The van der Waals surface area contributed by atoms with E-state index in [0.29, 0.717) is 0 Å². The second-order valence-electron chi connectivity index (χ2n) is 4.62. The van der Waals surface area contributed by atoms with Crippen molar-refractivity contribution >= 4 is 11.6 Å². The number of hydrogen-bond acceptors (Lipinski definition) is 2. The lowest BCUT2D eigenvalue weighted by molar-refractivity contribution is -0.120. The van der Waals surface area contributed by atoms with E-state index in [1.54, 1.807) is 4.90 Å². The normalized spacial score (nSPS) is 22.8. The van der Waals surface area contributed by atoms with Crippen molar-refractivity contribution in [3.8, 4) is 0 Å². The number of rotatable bonds is 2. The Balaban J connectivity index is 2.09. The van der Waals surface area contributed by atoms with E-state index in [9.17, 15) is 4.79 Å². The van der Waals surface area contributed by atoms with E-state index in [4.69, 9.17) is 5.73 Å². The number of carbonyl (C=O) groups excluding carboxylic acids is 1. The first-order valence-electron chi connectivity index (χ1n) is 5.86. The highest BCUT2D eigenvalue weighted by molar-refractivity contribution is 5.95. The molecule has 1 aromatic rings. The number of benzene rings is 1. The largest absolute Gasteiger partial charge is 0.324 e. The lowest BCUT2D eigenvalue weighted by Crippen LogP contribution is -2.32. The zero-order chi connectivity index (χ0) is 12.4. The third-order valence-corrected chi connectivity index (χ3v) is 3.19. The number of carbonyl (C=O) groups is 1. The van der Waals surface area contributed by atoms with Gasteiger partial charge in [0.15, 0.2) is 0 Å². The van der Waals surface area contributed by atoms with Gasteiger partial charge in [-0.3, -0.25) is 4.79 Å². The molecule has 3 nitrogen and oxygen atoms in total. The fraction of sp³-hybridized carbons (Fsp3) is 0.357. The zero-order valence-electron chi connectivity index (χ0n) is 10.3. The van der Waals surface area contributed by atoms with E-state index in [-0.39, 0.29) is 17.9 Å². The molecule has 0 radical (unpaired) electrons. The van der Waals surface area contributed by atoms with Gasteiger partial charge in [0.05, 0.1) is 5.92 Å². The molecule has 0 fully saturated rings. The third-order valence-electron chi connectivity index (χ3n) is 3.19. The van der Waals surface area contributed by atoms with Crippen LogP contribution in [0.4, 0.5) is 5.69 Å². The highest BCUT2D eigenvalue weighted by Gasteiger charge is 2.25. The maximum atomic E-state index is 12.2. The zero-order valence-corrected chi connectivity index (χ0v) is 10.3. The summed E-state index contributed by atoms with van der Waals surface area (Å²) in [6, 6.07) is 7.97. The number of hydrogen-bond donors (Lipinski definition) is 1. The Morgan fingerprint density at radius 3 is 2.47 bits per heavy atom. The van der Waals surface area contributed by atoms with E-state index in [1.807, 2.05) is 50.4 Å². The predicted octanol–water partition coefficient (Wildman–Crippen LogP) is 1.86. The topological polar surface area (TPSA) is 46.3 Å². The van der Waals surface area contributed by atoms with Gasteiger partial charge >= 0.3 is 0 Å². The number of nitrogens with two attached hydrogens (primary N) is 1. The molecule has 0 bridgehead atoms. The molecule has 0 heterocycles. The maximum Gasteiger partial charge on any atom is 0.233 e. The van der Waals surface area contributed by atoms with Gasteiger partial charge in [-0.15, -0.1) is 0 Å². The molecule has 0 saturated carbocycles. The summed E-state index contributed by atoms with van der Waals surface area (Å²) in [6.45, 7) is 2.03. The van der Waals surface area contributed by atoms with Crippen LogP contribution in [0.2, 0.25) is 0 Å². The molecule has 1 aromatic carbocycles. The molecule has 2 rings (SSSR count). The molecule has 2 atom stereocenters. The lowest BCUT2D eigenvalue weighted by atomic mass is 10.1. The van der Waals surface area contributed by atoms with Gasteiger partial charge in [0, 0.05) is 18.8 Å². The molecule has 17 heavy (non-hydrogen) atoms. The molecule has 0 saturated heterocycles. The van der Waals surface area contributed by atoms with Crippen molar-refractivity contribution in [1.82, 2.24) is 0 Å². The van der Waals surface area contributed by atoms with Crippen molar-refractivity contribution in [2.75, 3.05) is 11.9 Å². The minimum absolute atomic E-state index is 0.0235. The van der Waals surface area contributed by atoms with Crippen molar-refractivity contribution in [2.24, 2.45) is 11.7 Å². The maximum absolute atomic E-state index is 12.2. The first kappa shape index (κ1) is 11.9. The molecular formula is C14H18N2O. The van der Waals surface area contributed by atoms with Crippen molar-refractivity contribution in [2.45, 2.75) is 19.4 Å². The molecule has 2 unspecified atom stereocenters. The molecule has 2 N–H and O–H groups in total. The SMILES string of the molecule is Cc1ccc(N(C)C(=O)C2C=CC(N)C2)cc1. The van der Waals surface area contributed by atoms with E-state index in [1.165, 1.54) is 5.56 Å². The van der Waals surface area contributed by atoms with Crippen LogP contribution in [0.3, 0.4) is 0 Å². The molecule has 3 heteroatoms. The van der Waals surface area contributed by atoms with Gasteiger partial charge in [-0.25, -0.2) is 0 Å². The smallest absolute Gasteiger partial charge is 0.233 e. The van der Waals surface area contributed by atoms with E-state index < -0.39 is 0 Å². The van der Waals surface area contributed by atoms with Crippen molar-refractivity contribution in [3.05, 3.63) is 42.0 Å². The third kappa shape index (κ3) is 2.56. The highest BCUT2D eigenvalue weighted by atomic mass is 16.2. The van der Waals surface area contributed by atoms with Gasteiger partial charge < -0.3 is 10.6 Å². The van der Waals surface area contributed by atoms with Gasteiger partial charge in [0.2, 0.25) is 5.91 Å². The fourth-order valence-corrected chi connectivity index (χ4v) is 2.05. The Labute approximate surface area is 102 Å². The molecule has 1 aliphatic carbocycles. The summed E-state index contributed by atoms with van der Waals surface area (Å²) in [5.74, 6) is 0.0364. The minimum atomic E-state index is -0.0729. The van der Waals surface area contributed by atoms with Crippen LogP contribution in [-0.2, 0) is 4.79 Å². The van der Waals surface area contributed by atoms with Crippen LogP contribution in [0.25, 0.3) is 0 Å². The standard InChI is InChI=1S/C14H18N2O/c1-10-3-7-13(8-4-10)16(2)14(17)11-5-6-12(15)9-11/h3-8,11-12H,9,15H2,1-2H3. The number of nitrogens with zero attached hydrogens (tertiary/aromatic N) is 1. The van der Waals surface area contributed by atoms with Crippen LogP contribution in [0.15, 0.2) is 36.4 Å². The van der Waals surface area contributed by atoms with E-state index in [2.05, 4.69) is 0 Å². The highest BCUT2D eigenvalue weighted by Crippen LogP contribution is 2.22. The molecular weight excluding hydrogens is 212 g/mol. The van der Waals surface area contributed by atoms with Crippen molar-refractivity contribution in [1.29, 1.82) is 0 Å². The summed E-state index contributed by atoms with van der Waals surface area (Å²) in [7, 11) is 1.81. The Hall–Kier alpha value is -1.61. The second kappa shape index (κ2) is 4.72. The molecule has 0 aromatic heterocycles. The summed E-state index contributed by atoms with van der Waals surface area (Å²) in [4.78, 5) is 13.9. The molecule has 1 amide bonds. The predicted molar refractivity (Wildman–Crippen MR) is 69.8 cm³/mol.